The van der Waals surface area contributed by atoms with Crippen LogP contribution in [0.5, 0.6) is 17.2 Å². The third-order valence-corrected chi connectivity index (χ3v) is 5.06. The lowest BCUT2D eigenvalue weighted by Gasteiger charge is -2.22. The van der Waals surface area contributed by atoms with Crippen molar-refractivity contribution in [3.63, 3.8) is 0 Å². The van der Waals surface area contributed by atoms with Crippen molar-refractivity contribution in [2.75, 3.05) is 54.2 Å². The molecule has 3 rings (SSSR count). The molecule has 0 aliphatic carbocycles. The Morgan fingerprint density at radius 3 is 1.81 bits per heavy atom. The Labute approximate surface area is 211 Å². The number of nitrogens with zero attached hydrogens (tertiary/aromatic N) is 1. The molecule has 0 aliphatic rings. The first-order chi connectivity index (χ1) is 17.8. The van der Waals surface area contributed by atoms with Gasteiger partial charge in [0.1, 0.15) is 23.5 Å². The van der Waals surface area contributed by atoms with Crippen LogP contribution in [0.15, 0.2) is 72.8 Å². The zero-order valence-electron chi connectivity index (χ0n) is 20.6. The molecular formula is C28H31NO7. The molecule has 0 saturated heterocycles. The second-order valence-electron chi connectivity index (χ2n) is 7.56. The van der Waals surface area contributed by atoms with Crippen molar-refractivity contribution in [2.24, 2.45) is 0 Å². The first-order valence-electron chi connectivity index (χ1n) is 11.5. The van der Waals surface area contributed by atoms with Crippen molar-refractivity contribution in [1.82, 2.24) is 0 Å². The van der Waals surface area contributed by atoms with Gasteiger partial charge in [0.05, 0.1) is 26.4 Å². The van der Waals surface area contributed by atoms with Crippen molar-refractivity contribution in [2.45, 2.75) is 6.10 Å². The molecule has 0 radical (unpaired) electrons. The monoisotopic (exact) mass is 493 g/mol. The Morgan fingerprint density at radius 2 is 1.28 bits per heavy atom. The molecule has 0 saturated carbocycles. The van der Waals surface area contributed by atoms with Crippen LogP contribution in [0.25, 0.3) is 0 Å². The summed E-state index contributed by atoms with van der Waals surface area (Å²) in [6.45, 7) is 1.44. The van der Waals surface area contributed by atoms with Crippen molar-refractivity contribution in [3.05, 3.63) is 89.5 Å². The molecule has 0 bridgehead atoms. The van der Waals surface area contributed by atoms with Gasteiger partial charge in [-0.05, 0) is 11.1 Å². The molecular weight excluding hydrogens is 462 g/mol. The van der Waals surface area contributed by atoms with E-state index in [4.69, 9.17) is 33.2 Å². The molecule has 190 valence electrons. The number of methoxy groups -OCH3 is 2. The first-order valence-corrected chi connectivity index (χ1v) is 11.5. The van der Waals surface area contributed by atoms with E-state index < -0.39 is 6.10 Å². The summed E-state index contributed by atoms with van der Waals surface area (Å²) in [5.74, 6) is 0.995. The molecule has 0 spiro atoms. The minimum Gasteiger partial charge on any atom is -0.481 e. The molecule has 3 aromatic rings. The van der Waals surface area contributed by atoms with Crippen LogP contribution in [-0.4, -0.2) is 54.2 Å². The Kier molecular flexibility index (Phi) is 11.5. The fraction of sp³-hybridized carbons (Fsp3) is 0.321. The second-order valence-corrected chi connectivity index (χ2v) is 7.56. The third-order valence-electron chi connectivity index (χ3n) is 5.06. The first kappa shape index (κ1) is 27.0. The van der Waals surface area contributed by atoms with Gasteiger partial charge in [-0.1, -0.05) is 60.7 Å². The van der Waals surface area contributed by atoms with Crippen LogP contribution < -0.4 is 14.2 Å². The summed E-state index contributed by atoms with van der Waals surface area (Å²) in [6.07, 6.45) is -0.395. The molecule has 36 heavy (non-hydrogen) atoms. The average Bonchev–Trinajstić information content (AvgIpc) is 2.93. The van der Waals surface area contributed by atoms with Crippen molar-refractivity contribution in [1.29, 1.82) is 5.26 Å². The fourth-order valence-corrected chi connectivity index (χ4v) is 3.31. The zero-order valence-corrected chi connectivity index (χ0v) is 20.6. The lowest BCUT2D eigenvalue weighted by Crippen LogP contribution is -2.13. The van der Waals surface area contributed by atoms with Gasteiger partial charge in [0.2, 0.25) is 0 Å². The van der Waals surface area contributed by atoms with E-state index in [-0.39, 0.29) is 24.9 Å². The van der Waals surface area contributed by atoms with Crippen LogP contribution in [-0.2, 0) is 18.9 Å². The topological polar surface area (TPSA) is 88.4 Å². The Bertz CT molecular complexity index is 1030. The van der Waals surface area contributed by atoms with Gasteiger partial charge in [0.25, 0.3) is 0 Å². The van der Waals surface area contributed by atoms with Gasteiger partial charge in [-0.25, -0.2) is 0 Å². The van der Waals surface area contributed by atoms with Gasteiger partial charge >= 0.3 is 0 Å². The summed E-state index contributed by atoms with van der Waals surface area (Å²) in [6, 6.07) is 25.2. The predicted octanol–water partition coefficient (Wildman–Crippen LogP) is 4.73. The molecule has 0 unspecified atom stereocenters. The maximum atomic E-state index is 9.87. The SMILES string of the molecule is COCCOCOc1cc(OC(c2ccccc2)c2ccccc2)cc(C#N)c1OCOCCOC. The molecule has 0 N–H and O–H groups in total. The summed E-state index contributed by atoms with van der Waals surface area (Å²) in [5.41, 5.74) is 2.19. The van der Waals surface area contributed by atoms with Crippen LogP contribution in [0.2, 0.25) is 0 Å². The van der Waals surface area contributed by atoms with E-state index in [1.54, 1.807) is 26.4 Å². The molecule has 0 atom stereocenters. The minimum atomic E-state index is -0.395. The molecule has 0 amide bonds. The average molecular weight is 494 g/mol. The zero-order chi connectivity index (χ0) is 25.4. The Morgan fingerprint density at radius 1 is 0.722 bits per heavy atom. The summed E-state index contributed by atoms with van der Waals surface area (Å²) in [4.78, 5) is 0. The van der Waals surface area contributed by atoms with E-state index in [0.29, 0.717) is 37.9 Å². The van der Waals surface area contributed by atoms with E-state index in [1.807, 2.05) is 60.7 Å². The van der Waals surface area contributed by atoms with Gasteiger partial charge in [-0.2, -0.15) is 5.26 Å². The predicted molar refractivity (Wildman–Crippen MR) is 133 cm³/mol. The summed E-state index contributed by atoms with van der Waals surface area (Å²) in [5, 5.41) is 9.87. The molecule has 0 aromatic heterocycles. The standard InChI is InChI=1S/C28H31NO7/c1-30-13-15-32-20-34-26-18-25(17-24(19-29)28(26)35-21-33-16-14-31-2)36-27(22-9-5-3-6-10-22)23-11-7-4-8-12-23/h3-12,17-18,27H,13-16,20-21H2,1-2H3. The summed E-state index contributed by atoms with van der Waals surface area (Å²) >= 11 is 0. The molecule has 0 aliphatic heterocycles. The number of ether oxygens (including phenoxy) is 7. The largest absolute Gasteiger partial charge is 0.481 e. The lowest BCUT2D eigenvalue weighted by atomic mass is 10.0. The highest BCUT2D eigenvalue weighted by Crippen LogP contribution is 2.38. The molecule has 8 nitrogen and oxygen atoms in total. The van der Waals surface area contributed by atoms with Gasteiger partial charge < -0.3 is 33.2 Å². The number of hydrogen-bond acceptors (Lipinski definition) is 8. The van der Waals surface area contributed by atoms with Gasteiger partial charge in [0.15, 0.2) is 25.1 Å². The number of benzene rings is 3. The van der Waals surface area contributed by atoms with Crippen LogP contribution in [0.4, 0.5) is 0 Å². The molecule has 0 heterocycles. The number of hydrogen-bond donors (Lipinski definition) is 0. The highest BCUT2D eigenvalue weighted by atomic mass is 16.7. The lowest BCUT2D eigenvalue weighted by molar-refractivity contribution is -0.0209. The minimum absolute atomic E-state index is 0.0562. The Balaban J connectivity index is 1.88. The van der Waals surface area contributed by atoms with Gasteiger partial charge in [-0.15, -0.1) is 0 Å². The Hall–Kier alpha value is -3.61. The molecule has 8 heteroatoms. The quantitative estimate of drug-likeness (QED) is 0.209. The van der Waals surface area contributed by atoms with Gasteiger partial charge in [-0.3, -0.25) is 0 Å². The summed E-state index contributed by atoms with van der Waals surface area (Å²) < 4.78 is 38.8. The number of nitriles is 1. The van der Waals surface area contributed by atoms with Crippen LogP contribution in [0.1, 0.15) is 22.8 Å². The van der Waals surface area contributed by atoms with E-state index >= 15 is 0 Å². The highest BCUT2D eigenvalue weighted by molar-refractivity contribution is 5.57. The summed E-state index contributed by atoms with van der Waals surface area (Å²) in [7, 11) is 3.18. The maximum absolute atomic E-state index is 9.87. The van der Waals surface area contributed by atoms with Crippen LogP contribution in [0.3, 0.4) is 0 Å². The number of rotatable bonds is 16. The van der Waals surface area contributed by atoms with Crippen molar-refractivity contribution >= 4 is 0 Å². The van der Waals surface area contributed by atoms with Crippen molar-refractivity contribution < 1.29 is 33.2 Å². The molecule has 3 aromatic carbocycles. The van der Waals surface area contributed by atoms with E-state index in [9.17, 15) is 5.26 Å². The normalized spacial score (nSPS) is 10.7. The highest BCUT2D eigenvalue weighted by Gasteiger charge is 2.20. The second kappa shape index (κ2) is 15.4. The fourth-order valence-electron chi connectivity index (χ4n) is 3.31. The van der Waals surface area contributed by atoms with Crippen molar-refractivity contribution in [3.8, 4) is 23.3 Å². The van der Waals surface area contributed by atoms with Gasteiger partial charge in [0, 0.05) is 26.4 Å². The van der Waals surface area contributed by atoms with Crippen LogP contribution >= 0.6 is 0 Å². The maximum Gasteiger partial charge on any atom is 0.189 e. The van der Waals surface area contributed by atoms with Crippen LogP contribution in [0, 0.1) is 11.3 Å². The third kappa shape index (κ3) is 8.26. The smallest absolute Gasteiger partial charge is 0.189 e. The van der Waals surface area contributed by atoms with E-state index in [1.165, 1.54) is 0 Å². The van der Waals surface area contributed by atoms with E-state index in [2.05, 4.69) is 6.07 Å². The molecule has 0 fully saturated rings. The van der Waals surface area contributed by atoms with E-state index in [0.717, 1.165) is 11.1 Å².